The van der Waals surface area contributed by atoms with Crippen LogP contribution in [0.2, 0.25) is 5.02 Å². The van der Waals surface area contributed by atoms with Crippen molar-refractivity contribution in [2.45, 2.75) is 46.5 Å². The molecule has 6 heteroatoms. The van der Waals surface area contributed by atoms with Gasteiger partial charge >= 0.3 is 0 Å². The van der Waals surface area contributed by atoms with Crippen LogP contribution in [0.25, 0.3) is 10.2 Å². The molecule has 1 aromatic carbocycles. The zero-order valence-corrected chi connectivity index (χ0v) is 18.1. The van der Waals surface area contributed by atoms with E-state index in [0.29, 0.717) is 16.4 Å². The molecule has 0 saturated carbocycles. The molecule has 0 amide bonds. The number of hydrogen-bond donors (Lipinski definition) is 1. The third-order valence-corrected chi connectivity index (χ3v) is 7.68. The molecule has 1 aliphatic rings. The standard InChI is InChI=1S/C22H25ClN4S/c1-4-22(2,3)15-9-10-18-16(11-15)19-20(24-13-25-21(19)28-18)27-26-12-14-7-5-6-8-17(14)23/h5-8,12-13,15H,4,9-11H2,1-3H3,(H,24,25,27)/b26-12-/t15-/m0/s1. The van der Waals surface area contributed by atoms with E-state index in [2.05, 4.69) is 41.3 Å². The number of benzene rings is 1. The predicted molar refractivity (Wildman–Crippen MR) is 120 cm³/mol. The minimum Gasteiger partial charge on any atom is -0.261 e. The van der Waals surface area contributed by atoms with E-state index in [4.69, 9.17) is 11.6 Å². The van der Waals surface area contributed by atoms with E-state index in [1.807, 2.05) is 24.3 Å². The largest absolute Gasteiger partial charge is 0.261 e. The lowest BCUT2D eigenvalue weighted by Gasteiger charge is -2.36. The lowest BCUT2D eigenvalue weighted by Crippen LogP contribution is -2.28. The highest BCUT2D eigenvalue weighted by atomic mass is 35.5. The summed E-state index contributed by atoms with van der Waals surface area (Å²) in [5.74, 6) is 1.46. The molecule has 3 aromatic rings. The SMILES string of the molecule is CCC(C)(C)[C@H]1CCc2sc3ncnc(N/N=C\c4ccccc4Cl)c3c2C1. The fourth-order valence-corrected chi connectivity index (χ4v) is 5.26. The Morgan fingerprint density at radius 1 is 1.32 bits per heavy atom. The van der Waals surface area contributed by atoms with Gasteiger partial charge in [0.15, 0.2) is 5.82 Å². The van der Waals surface area contributed by atoms with E-state index in [1.165, 1.54) is 23.3 Å². The van der Waals surface area contributed by atoms with Crippen LogP contribution in [0.3, 0.4) is 0 Å². The second-order valence-corrected chi connectivity index (χ2v) is 9.57. The average Bonchev–Trinajstić information content (AvgIpc) is 3.08. The number of hydrazone groups is 1. The molecule has 146 valence electrons. The molecule has 28 heavy (non-hydrogen) atoms. The lowest BCUT2D eigenvalue weighted by atomic mass is 9.69. The molecule has 0 radical (unpaired) electrons. The van der Waals surface area contributed by atoms with Crippen molar-refractivity contribution in [3.63, 3.8) is 0 Å². The van der Waals surface area contributed by atoms with Crippen LogP contribution in [0.15, 0.2) is 35.7 Å². The molecule has 0 unspecified atom stereocenters. The lowest BCUT2D eigenvalue weighted by molar-refractivity contribution is 0.184. The first-order valence-electron chi connectivity index (χ1n) is 9.78. The van der Waals surface area contributed by atoms with Gasteiger partial charge in [-0.2, -0.15) is 5.10 Å². The summed E-state index contributed by atoms with van der Waals surface area (Å²) in [4.78, 5) is 11.5. The summed E-state index contributed by atoms with van der Waals surface area (Å²) in [6.07, 6.45) is 8.02. The number of hydrogen-bond acceptors (Lipinski definition) is 5. The van der Waals surface area contributed by atoms with Crippen molar-refractivity contribution in [1.29, 1.82) is 0 Å². The Kier molecular flexibility index (Phi) is 5.39. The van der Waals surface area contributed by atoms with Gasteiger partial charge in [0, 0.05) is 15.5 Å². The number of nitrogens with zero attached hydrogens (tertiary/aromatic N) is 3. The molecule has 4 nitrogen and oxygen atoms in total. The van der Waals surface area contributed by atoms with E-state index in [1.54, 1.807) is 23.9 Å². The highest BCUT2D eigenvalue weighted by Crippen LogP contribution is 2.45. The van der Waals surface area contributed by atoms with Crippen molar-refractivity contribution in [2.75, 3.05) is 5.43 Å². The number of halogens is 1. The number of rotatable bonds is 5. The van der Waals surface area contributed by atoms with Crippen LogP contribution in [0.1, 0.15) is 49.6 Å². The van der Waals surface area contributed by atoms with Gasteiger partial charge in [0.05, 0.1) is 11.6 Å². The normalized spacial score (nSPS) is 17.2. The molecule has 1 N–H and O–H groups in total. The minimum absolute atomic E-state index is 0.345. The second kappa shape index (κ2) is 7.80. The van der Waals surface area contributed by atoms with Gasteiger partial charge in [-0.1, -0.05) is 57.0 Å². The molecule has 1 aliphatic carbocycles. The Balaban J connectivity index is 1.66. The Hall–Kier alpha value is -1.98. The molecule has 4 rings (SSSR count). The topological polar surface area (TPSA) is 50.2 Å². The quantitative estimate of drug-likeness (QED) is 0.393. The number of anilines is 1. The fraction of sp³-hybridized carbons (Fsp3) is 0.409. The number of fused-ring (bicyclic) bond motifs is 3. The zero-order valence-electron chi connectivity index (χ0n) is 16.5. The zero-order chi connectivity index (χ0) is 19.7. The minimum atomic E-state index is 0.345. The van der Waals surface area contributed by atoms with E-state index in [-0.39, 0.29) is 0 Å². The van der Waals surface area contributed by atoms with Crippen LogP contribution in [0, 0.1) is 11.3 Å². The number of aromatic nitrogens is 2. The van der Waals surface area contributed by atoms with Crippen molar-refractivity contribution in [3.05, 3.63) is 51.6 Å². The second-order valence-electron chi connectivity index (χ2n) is 8.08. The van der Waals surface area contributed by atoms with E-state index in [0.717, 1.165) is 34.4 Å². The molecule has 0 fully saturated rings. The molecule has 2 aromatic heterocycles. The highest BCUT2D eigenvalue weighted by Gasteiger charge is 2.33. The number of thiophene rings is 1. The summed E-state index contributed by atoms with van der Waals surface area (Å²) in [6.45, 7) is 7.07. The van der Waals surface area contributed by atoms with Gasteiger partial charge in [0.25, 0.3) is 0 Å². The van der Waals surface area contributed by atoms with Crippen molar-refractivity contribution in [1.82, 2.24) is 9.97 Å². The molecular formula is C22H25ClN4S. The van der Waals surface area contributed by atoms with Crippen LogP contribution in [-0.4, -0.2) is 16.2 Å². The number of nitrogens with one attached hydrogen (secondary N) is 1. The van der Waals surface area contributed by atoms with Gasteiger partial charge in [0.2, 0.25) is 0 Å². The van der Waals surface area contributed by atoms with Gasteiger partial charge in [-0.05, 0) is 42.2 Å². The van der Waals surface area contributed by atoms with Crippen LogP contribution >= 0.6 is 22.9 Å². The monoisotopic (exact) mass is 412 g/mol. The molecule has 2 heterocycles. The smallest absolute Gasteiger partial charge is 0.158 e. The summed E-state index contributed by atoms with van der Waals surface area (Å²) in [5.41, 5.74) is 5.76. The van der Waals surface area contributed by atoms with Crippen LogP contribution < -0.4 is 5.43 Å². The van der Waals surface area contributed by atoms with Crippen molar-refractivity contribution in [2.24, 2.45) is 16.4 Å². The fourth-order valence-electron chi connectivity index (χ4n) is 3.89. The summed E-state index contributed by atoms with van der Waals surface area (Å²) in [7, 11) is 0. The Labute approximate surface area is 175 Å². The third-order valence-electron chi connectivity index (χ3n) is 6.14. The first-order chi connectivity index (χ1) is 13.5. The average molecular weight is 413 g/mol. The molecular weight excluding hydrogens is 388 g/mol. The summed E-state index contributed by atoms with van der Waals surface area (Å²) < 4.78 is 0. The molecule has 1 atom stereocenters. The molecule has 0 aliphatic heterocycles. The van der Waals surface area contributed by atoms with E-state index in [9.17, 15) is 0 Å². The Morgan fingerprint density at radius 2 is 2.14 bits per heavy atom. The van der Waals surface area contributed by atoms with Crippen molar-refractivity contribution >= 4 is 45.2 Å². The third kappa shape index (κ3) is 3.65. The van der Waals surface area contributed by atoms with Gasteiger partial charge < -0.3 is 0 Å². The highest BCUT2D eigenvalue weighted by molar-refractivity contribution is 7.19. The Morgan fingerprint density at radius 3 is 2.93 bits per heavy atom. The molecule has 0 spiro atoms. The van der Waals surface area contributed by atoms with E-state index < -0.39 is 0 Å². The van der Waals surface area contributed by atoms with Crippen LogP contribution in [-0.2, 0) is 12.8 Å². The predicted octanol–water partition coefficient (Wildman–Crippen LogP) is 6.33. The van der Waals surface area contributed by atoms with Crippen LogP contribution in [0.5, 0.6) is 0 Å². The van der Waals surface area contributed by atoms with E-state index >= 15 is 0 Å². The maximum Gasteiger partial charge on any atom is 0.158 e. The first-order valence-corrected chi connectivity index (χ1v) is 11.0. The maximum absolute atomic E-state index is 6.21. The number of aryl methyl sites for hydroxylation is 1. The summed E-state index contributed by atoms with van der Waals surface area (Å²) in [5, 5.41) is 6.20. The van der Waals surface area contributed by atoms with Crippen molar-refractivity contribution in [3.8, 4) is 0 Å². The van der Waals surface area contributed by atoms with Gasteiger partial charge in [-0.3, -0.25) is 5.43 Å². The Bertz CT molecular complexity index is 1020. The van der Waals surface area contributed by atoms with Crippen molar-refractivity contribution < 1.29 is 0 Å². The first kappa shape index (κ1) is 19.3. The summed E-state index contributed by atoms with van der Waals surface area (Å²) >= 11 is 8.01. The van der Waals surface area contributed by atoms with Gasteiger partial charge in [-0.15, -0.1) is 11.3 Å². The molecule has 0 bridgehead atoms. The van der Waals surface area contributed by atoms with Crippen LogP contribution in [0.4, 0.5) is 5.82 Å². The summed E-state index contributed by atoms with van der Waals surface area (Å²) in [6, 6.07) is 7.65. The van der Waals surface area contributed by atoms with Gasteiger partial charge in [0.1, 0.15) is 11.2 Å². The maximum atomic E-state index is 6.21. The van der Waals surface area contributed by atoms with Gasteiger partial charge in [-0.25, -0.2) is 9.97 Å². The molecule has 0 saturated heterocycles.